The van der Waals surface area contributed by atoms with Crippen molar-refractivity contribution in [3.63, 3.8) is 0 Å². The summed E-state index contributed by atoms with van der Waals surface area (Å²) in [5.74, 6) is -0.260. The Morgan fingerprint density at radius 2 is 1.93 bits per heavy atom. The second kappa shape index (κ2) is 4.49. The molecule has 1 aromatic carbocycles. The van der Waals surface area contributed by atoms with Gasteiger partial charge in [-0.1, -0.05) is 6.42 Å². The maximum Gasteiger partial charge on any atom is 0.125 e. The zero-order valence-corrected chi connectivity index (χ0v) is 8.67. The van der Waals surface area contributed by atoms with Crippen LogP contribution in [0.1, 0.15) is 19.3 Å². The van der Waals surface area contributed by atoms with Crippen molar-refractivity contribution in [2.75, 3.05) is 24.2 Å². The quantitative estimate of drug-likeness (QED) is 0.734. The van der Waals surface area contributed by atoms with Crippen molar-refractivity contribution < 1.29 is 4.39 Å². The van der Waals surface area contributed by atoms with E-state index in [0.717, 1.165) is 13.1 Å². The molecule has 0 aromatic heterocycles. The molecule has 1 aromatic rings. The van der Waals surface area contributed by atoms with Gasteiger partial charge in [0.2, 0.25) is 0 Å². The lowest BCUT2D eigenvalue weighted by molar-refractivity contribution is 0.273. The third kappa shape index (κ3) is 2.59. The van der Waals surface area contributed by atoms with Crippen LogP contribution >= 0.6 is 0 Å². The standard InChI is InChI=1S/C11H16FN3/c12-9-4-5-10(13)11(8-9)14-15-6-2-1-3-7-15/h4-5,8,14H,1-3,6-7,13H2. The van der Waals surface area contributed by atoms with Crippen molar-refractivity contribution >= 4 is 11.4 Å². The molecule has 0 spiro atoms. The Labute approximate surface area is 89.0 Å². The highest BCUT2D eigenvalue weighted by molar-refractivity contribution is 5.65. The van der Waals surface area contributed by atoms with Crippen molar-refractivity contribution in [3.05, 3.63) is 24.0 Å². The van der Waals surface area contributed by atoms with Gasteiger partial charge in [-0.15, -0.1) is 0 Å². The number of nitrogens with zero attached hydrogens (tertiary/aromatic N) is 1. The molecule has 1 heterocycles. The molecule has 2 rings (SSSR count). The zero-order chi connectivity index (χ0) is 10.7. The molecule has 3 N–H and O–H groups in total. The molecule has 82 valence electrons. The molecular formula is C11H16FN3. The number of hydrazine groups is 1. The Morgan fingerprint density at radius 1 is 1.20 bits per heavy atom. The third-order valence-corrected chi connectivity index (χ3v) is 2.65. The first-order valence-electron chi connectivity index (χ1n) is 5.32. The maximum absolute atomic E-state index is 13.0. The highest BCUT2D eigenvalue weighted by atomic mass is 19.1. The summed E-state index contributed by atoms with van der Waals surface area (Å²) in [5.41, 5.74) is 10.2. The van der Waals surface area contributed by atoms with E-state index in [9.17, 15) is 4.39 Å². The topological polar surface area (TPSA) is 41.3 Å². The van der Waals surface area contributed by atoms with Crippen LogP contribution in [-0.4, -0.2) is 18.1 Å². The van der Waals surface area contributed by atoms with Gasteiger partial charge in [-0.3, -0.25) is 0 Å². The van der Waals surface area contributed by atoms with E-state index < -0.39 is 0 Å². The lowest BCUT2D eigenvalue weighted by atomic mass is 10.2. The van der Waals surface area contributed by atoms with Crippen LogP contribution in [0, 0.1) is 5.82 Å². The van der Waals surface area contributed by atoms with E-state index in [0.29, 0.717) is 11.4 Å². The number of halogens is 1. The van der Waals surface area contributed by atoms with E-state index in [2.05, 4.69) is 10.4 Å². The number of hydrogen-bond acceptors (Lipinski definition) is 3. The highest BCUT2D eigenvalue weighted by Gasteiger charge is 2.11. The first kappa shape index (κ1) is 10.2. The molecule has 0 bridgehead atoms. The molecule has 15 heavy (non-hydrogen) atoms. The van der Waals surface area contributed by atoms with Crippen molar-refractivity contribution in [2.24, 2.45) is 0 Å². The van der Waals surface area contributed by atoms with Gasteiger partial charge in [-0.05, 0) is 25.0 Å². The summed E-state index contributed by atoms with van der Waals surface area (Å²) in [5, 5.41) is 2.09. The normalized spacial score (nSPS) is 17.7. The molecule has 1 aliphatic rings. The molecule has 0 amide bonds. The summed E-state index contributed by atoms with van der Waals surface area (Å²) in [7, 11) is 0. The van der Waals surface area contributed by atoms with E-state index in [1.54, 1.807) is 6.07 Å². The summed E-state index contributed by atoms with van der Waals surface area (Å²) < 4.78 is 13.0. The summed E-state index contributed by atoms with van der Waals surface area (Å²) in [6, 6.07) is 4.39. The van der Waals surface area contributed by atoms with E-state index in [4.69, 9.17) is 5.73 Å². The van der Waals surface area contributed by atoms with Gasteiger partial charge >= 0.3 is 0 Å². The van der Waals surface area contributed by atoms with Crippen LogP contribution < -0.4 is 11.2 Å². The number of rotatable bonds is 2. The first-order chi connectivity index (χ1) is 7.25. The maximum atomic E-state index is 13.0. The number of nitrogen functional groups attached to an aromatic ring is 1. The van der Waals surface area contributed by atoms with Gasteiger partial charge in [-0.25, -0.2) is 9.40 Å². The highest BCUT2D eigenvalue weighted by Crippen LogP contribution is 2.21. The summed E-state index contributed by atoms with van der Waals surface area (Å²) in [6.07, 6.45) is 3.64. The van der Waals surface area contributed by atoms with E-state index in [1.807, 2.05) is 0 Å². The zero-order valence-electron chi connectivity index (χ0n) is 8.67. The largest absolute Gasteiger partial charge is 0.397 e. The molecule has 0 aliphatic carbocycles. The number of nitrogens with two attached hydrogens (primary N) is 1. The van der Waals surface area contributed by atoms with Crippen molar-refractivity contribution in [2.45, 2.75) is 19.3 Å². The van der Waals surface area contributed by atoms with E-state index >= 15 is 0 Å². The van der Waals surface area contributed by atoms with Gasteiger partial charge in [0.25, 0.3) is 0 Å². The Morgan fingerprint density at radius 3 is 2.67 bits per heavy atom. The minimum Gasteiger partial charge on any atom is -0.397 e. The lowest BCUT2D eigenvalue weighted by Crippen LogP contribution is -2.35. The van der Waals surface area contributed by atoms with Crippen LogP contribution in [0.15, 0.2) is 18.2 Å². The molecule has 1 aliphatic heterocycles. The van der Waals surface area contributed by atoms with Crippen LogP contribution in [0.25, 0.3) is 0 Å². The van der Waals surface area contributed by atoms with Crippen molar-refractivity contribution in [3.8, 4) is 0 Å². The van der Waals surface area contributed by atoms with Crippen LogP contribution in [0.4, 0.5) is 15.8 Å². The molecule has 0 saturated carbocycles. The van der Waals surface area contributed by atoms with Gasteiger partial charge in [-0.2, -0.15) is 0 Å². The van der Waals surface area contributed by atoms with Gasteiger partial charge in [0.1, 0.15) is 5.82 Å². The second-order valence-corrected chi connectivity index (χ2v) is 3.89. The van der Waals surface area contributed by atoms with Gasteiger partial charge in [0, 0.05) is 19.2 Å². The van der Waals surface area contributed by atoms with Crippen LogP contribution in [0.2, 0.25) is 0 Å². The Kier molecular flexibility index (Phi) is 3.06. The lowest BCUT2D eigenvalue weighted by Gasteiger charge is -2.28. The Hall–Kier alpha value is -1.29. The van der Waals surface area contributed by atoms with E-state index in [-0.39, 0.29) is 5.82 Å². The van der Waals surface area contributed by atoms with Gasteiger partial charge in [0.15, 0.2) is 0 Å². The summed E-state index contributed by atoms with van der Waals surface area (Å²) in [6.45, 7) is 1.99. The van der Waals surface area contributed by atoms with Crippen molar-refractivity contribution in [1.82, 2.24) is 5.01 Å². The monoisotopic (exact) mass is 209 g/mol. The predicted octanol–water partition coefficient (Wildman–Crippen LogP) is 2.22. The Bertz CT molecular complexity index is 335. The molecule has 1 fully saturated rings. The van der Waals surface area contributed by atoms with Crippen molar-refractivity contribution in [1.29, 1.82) is 0 Å². The molecule has 0 radical (unpaired) electrons. The average Bonchev–Trinajstić information content (AvgIpc) is 2.25. The first-order valence-corrected chi connectivity index (χ1v) is 5.32. The number of anilines is 2. The second-order valence-electron chi connectivity index (χ2n) is 3.89. The van der Waals surface area contributed by atoms with Crippen LogP contribution in [-0.2, 0) is 0 Å². The fourth-order valence-corrected chi connectivity index (χ4v) is 1.80. The van der Waals surface area contributed by atoms with Crippen LogP contribution in [0.3, 0.4) is 0 Å². The van der Waals surface area contributed by atoms with E-state index in [1.165, 1.54) is 31.4 Å². The molecule has 0 atom stereocenters. The number of piperidine rings is 1. The predicted molar refractivity (Wildman–Crippen MR) is 59.9 cm³/mol. The molecule has 1 saturated heterocycles. The number of benzene rings is 1. The van der Waals surface area contributed by atoms with Gasteiger partial charge < -0.3 is 11.2 Å². The summed E-state index contributed by atoms with van der Waals surface area (Å²) >= 11 is 0. The summed E-state index contributed by atoms with van der Waals surface area (Å²) in [4.78, 5) is 0. The molecule has 4 heteroatoms. The average molecular weight is 209 g/mol. The van der Waals surface area contributed by atoms with Crippen LogP contribution in [0.5, 0.6) is 0 Å². The fourth-order valence-electron chi connectivity index (χ4n) is 1.80. The molecular weight excluding hydrogens is 193 g/mol. The minimum absolute atomic E-state index is 0.260. The third-order valence-electron chi connectivity index (χ3n) is 2.65. The smallest absolute Gasteiger partial charge is 0.125 e. The van der Waals surface area contributed by atoms with Gasteiger partial charge in [0.05, 0.1) is 11.4 Å². The fraction of sp³-hybridized carbons (Fsp3) is 0.455. The molecule has 3 nitrogen and oxygen atoms in total. The SMILES string of the molecule is Nc1ccc(F)cc1NN1CCCCC1. The molecule has 0 unspecified atom stereocenters. The number of hydrogen-bond donors (Lipinski definition) is 2. The Balaban J connectivity index is 2.05. The number of nitrogens with one attached hydrogen (secondary N) is 1. The minimum atomic E-state index is -0.260.